The van der Waals surface area contributed by atoms with E-state index in [1.54, 1.807) is 28.6 Å². The van der Waals surface area contributed by atoms with Crippen molar-refractivity contribution < 1.29 is 18.7 Å². The zero-order valence-corrected chi connectivity index (χ0v) is 23.3. The fraction of sp³-hybridized carbons (Fsp3) is 0.281. The molecule has 0 N–H and O–H groups in total. The number of hydrogen-bond donors (Lipinski definition) is 0. The molecule has 1 amide bonds. The van der Waals surface area contributed by atoms with Crippen LogP contribution in [0.5, 0.6) is 0 Å². The summed E-state index contributed by atoms with van der Waals surface area (Å²) in [7, 11) is 0. The van der Waals surface area contributed by atoms with Crippen LogP contribution in [0.15, 0.2) is 72.8 Å². The first kappa shape index (κ1) is 27.6. The lowest BCUT2D eigenvalue weighted by atomic mass is 9.89. The minimum atomic E-state index is -0.443. The number of hydrogen-bond acceptors (Lipinski definition) is 4. The summed E-state index contributed by atoms with van der Waals surface area (Å²) < 4.78 is 21.4. The van der Waals surface area contributed by atoms with E-state index in [9.17, 15) is 14.0 Å². The van der Waals surface area contributed by atoms with Crippen molar-refractivity contribution >= 4 is 23.5 Å². The van der Waals surface area contributed by atoms with E-state index < -0.39 is 5.97 Å². The van der Waals surface area contributed by atoms with Gasteiger partial charge in [-0.25, -0.2) is 9.07 Å². The van der Waals surface area contributed by atoms with Crippen molar-refractivity contribution in [3.05, 3.63) is 106 Å². The summed E-state index contributed by atoms with van der Waals surface area (Å²) in [5.41, 5.74) is 4.45. The number of rotatable bonds is 7. The van der Waals surface area contributed by atoms with E-state index in [2.05, 4.69) is 0 Å². The summed E-state index contributed by atoms with van der Waals surface area (Å²) in [5, 5.41) is 5.26. The summed E-state index contributed by atoms with van der Waals surface area (Å²) in [6.07, 6.45) is 1.15. The average Bonchev–Trinajstić information content (AvgIpc) is 3.32. The van der Waals surface area contributed by atoms with Crippen LogP contribution in [0.2, 0.25) is 5.02 Å². The van der Waals surface area contributed by atoms with Gasteiger partial charge in [-0.1, -0.05) is 71.8 Å². The maximum atomic E-state index is 14.4. The number of halogens is 2. The molecule has 40 heavy (non-hydrogen) atoms. The monoisotopic (exact) mass is 559 g/mol. The van der Waals surface area contributed by atoms with Gasteiger partial charge >= 0.3 is 5.97 Å². The van der Waals surface area contributed by atoms with E-state index in [-0.39, 0.29) is 36.4 Å². The Morgan fingerprint density at radius 1 is 1.00 bits per heavy atom. The van der Waals surface area contributed by atoms with E-state index >= 15 is 0 Å². The highest BCUT2D eigenvalue weighted by atomic mass is 35.5. The van der Waals surface area contributed by atoms with Crippen molar-refractivity contribution in [2.45, 2.75) is 39.0 Å². The maximum absolute atomic E-state index is 14.4. The van der Waals surface area contributed by atoms with Crippen LogP contribution in [-0.2, 0) is 16.0 Å². The molecule has 2 heterocycles. The van der Waals surface area contributed by atoms with Crippen LogP contribution in [-0.4, -0.2) is 46.3 Å². The van der Waals surface area contributed by atoms with Crippen LogP contribution in [0, 0.1) is 12.7 Å². The first-order chi connectivity index (χ1) is 19.4. The summed E-state index contributed by atoms with van der Waals surface area (Å²) in [6, 6.07) is 21.9. The summed E-state index contributed by atoms with van der Waals surface area (Å²) in [6.45, 7) is 4.88. The molecule has 0 unspecified atom stereocenters. The second kappa shape index (κ2) is 12.0. The van der Waals surface area contributed by atoms with Gasteiger partial charge in [-0.3, -0.25) is 9.59 Å². The van der Waals surface area contributed by atoms with Crippen molar-refractivity contribution in [1.29, 1.82) is 0 Å². The van der Waals surface area contributed by atoms with Gasteiger partial charge in [-0.05, 0) is 56.4 Å². The lowest BCUT2D eigenvalue weighted by molar-refractivity contribution is -0.142. The van der Waals surface area contributed by atoms with Gasteiger partial charge in [0, 0.05) is 24.2 Å². The standard InChI is InChI=1S/C32H31ClFN3O3/c1-3-40-29(38)20-25-30(32(39)36-18-16-22(17-19-36)24-8-4-6-10-27(24)34)35-37(28-11-7-5-9-26(28)33)31(25)23-14-12-21(2)13-15-23/h4-15,22H,3,16-20H2,1-2H3. The second-order valence-corrected chi connectivity index (χ2v) is 10.4. The normalized spacial score (nSPS) is 13.8. The number of para-hydroxylation sites is 1. The highest BCUT2D eigenvalue weighted by Crippen LogP contribution is 2.35. The molecule has 1 saturated heterocycles. The Hall–Kier alpha value is -3.97. The Morgan fingerprint density at radius 2 is 1.68 bits per heavy atom. The van der Waals surface area contributed by atoms with Gasteiger partial charge in [0.25, 0.3) is 5.91 Å². The van der Waals surface area contributed by atoms with Crippen molar-refractivity contribution in [2.75, 3.05) is 19.7 Å². The third-order valence-corrected chi connectivity index (χ3v) is 7.66. The fourth-order valence-electron chi connectivity index (χ4n) is 5.30. The van der Waals surface area contributed by atoms with Crippen molar-refractivity contribution in [2.24, 2.45) is 0 Å². The van der Waals surface area contributed by atoms with E-state index in [1.807, 2.05) is 61.5 Å². The van der Waals surface area contributed by atoms with Crippen LogP contribution in [0.3, 0.4) is 0 Å². The molecule has 1 aliphatic heterocycles. The number of nitrogens with zero attached hydrogens (tertiary/aromatic N) is 3. The second-order valence-electron chi connectivity index (χ2n) is 9.97. The SMILES string of the molecule is CCOC(=O)Cc1c(C(=O)N2CCC(c3ccccc3F)CC2)nn(-c2ccccc2Cl)c1-c1ccc(C)cc1. The largest absolute Gasteiger partial charge is 0.466 e. The molecular formula is C32H31ClFN3O3. The van der Waals surface area contributed by atoms with Crippen LogP contribution < -0.4 is 0 Å². The first-order valence-corrected chi connectivity index (χ1v) is 13.9. The first-order valence-electron chi connectivity index (χ1n) is 13.5. The van der Waals surface area contributed by atoms with Gasteiger partial charge in [0.1, 0.15) is 5.82 Å². The Bertz CT molecular complexity index is 1520. The van der Waals surface area contributed by atoms with Gasteiger partial charge in [0.15, 0.2) is 5.69 Å². The number of amides is 1. The zero-order valence-electron chi connectivity index (χ0n) is 22.6. The number of esters is 1. The van der Waals surface area contributed by atoms with Gasteiger partial charge in [0.05, 0.1) is 29.4 Å². The molecule has 3 aromatic carbocycles. The molecular weight excluding hydrogens is 529 g/mol. The number of aromatic nitrogens is 2. The Balaban J connectivity index is 1.57. The number of carbonyl (C=O) groups is 2. The molecule has 0 aliphatic carbocycles. The molecule has 0 saturated carbocycles. The maximum Gasteiger partial charge on any atom is 0.310 e. The predicted molar refractivity (Wildman–Crippen MR) is 153 cm³/mol. The fourth-order valence-corrected chi connectivity index (χ4v) is 5.52. The van der Waals surface area contributed by atoms with Gasteiger partial charge < -0.3 is 9.64 Å². The van der Waals surface area contributed by atoms with Gasteiger partial charge in [-0.2, -0.15) is 5.10 Å². The van der Waals surface area contributed by atoms with Crippen molar-refractivity contribution in [1.82, 2.24) is 14.7 Å². The van der Waals surface area contributed by atoms with Crippen LogP contribution in [0.1, 0.15) is 52.9 Å². The van der Waals surface area contributed by atoms with Gasteiger partial charge in [-0.15, -0.1) is 0 Å². The van der Waals surface area contributed by atoms with Gasteiger partial charge in [0.2, 0.25) is 0 Å². The molecule has 4 aromatic rings. The summed E-state index contributed by atoms with van der Waals surface area (Å²) in [4.78, 5) is 28.6. The van der Waals surface area contributed by atoms with Crippen molar-refractivity contribution in [3.63, 3.8) is 0 Å². The van der Waals surface area contributed by atoms with Crippen LogP contribution in [0.25, 0.3) is 16.9 Å². The zero-order chi connectivity index (χ0) is 28.2. The third kappa shape index (κ3) is 5.65. The lowest BCUT2D eigenvalue weighted by Gasteiger charge is -2.32. The molecule has 1 aliphatic rings. The molecule has 0 atom stereocenters. The van der Waals surface area contributed by atoms with Crippen molar-refractivity contribution in [3.8, 4) is 16.9 Å². The smallest absolute Gasteiger partial charge is 0.310 e. The number of carbonyl (C=O) groups excluding carboxylic acids is 2. The lowest BCUT2D eigenvalue weighted by Crippen LogP contribution is -2.38. The van der Waals surface area contributed by atoms with E-state index in [0.29, 0.717) is 53.5 Å². The summed E-state index contributed by atoms with van der Waals surface area (Å²) in [5.74, 6) is -0.898. The van der Waals surface area contributed by atoms with E-state index in [4.69, 9.17) is 21.4 Å². The van der Waals surface area contributed by atoms with E-state index in [1.165, 1.54) is 6.07 Å². The number of aryl methyl sites for hydroxylation is 1. The number of benzene rings is 3. The molecule has 206 valence electrons. The number of piperidine rings is 1. The Labute approximate surface area is 238 Å². The molecule has 0 radical (unpaired) electrons. The number of likely N-dealkylation sites (tertiary alicyclic amines) is 1. The Kier molecular flexibility index (Phi) is 8.31. The quantitative estimate of drug-likeness (QED) is 0.235. The average molecular weight is 560 g/mol. The molecule has 0 spiro atoms. The van der Waals surface area contributed by atoms with E-state index in [0.717, 1.165) is 11.1 Å². The minimum absolute atomic E-state index is 0.0352. The molecule has 0 bridgehead atoms. The summed E-state index contributed by atoms with van der Waals surface area (Å²) >= 11 is 6.60. The predicted octanol–water partition coefficient (Wildman–Crippen LogP) is 6.77. The minimum Gasteiger partial charge on any atom is -0.466 e. The number of ether oxygens (including phenoxy) is 1. The molecule has 8 heteroatoms. The molecule has 6 nitrogen and oxygen atoms in total. The Morgan fingerprint density at radius 3 is 2.35 bits per heavy atom. The highest BCUT2D eigenvalue weighted by Gasteiger charge is 2.32. The van der Waals surface area contributed by atoms with Crippen LogP contribution >= 0.6 is 11.6 Å². The van der Waals surface area contributed by atoms with Crippen LogP contribution in [0.4, 0.5) is 4.39 Å². The highest BCUT2D eigenvalue weighted by molar-refractivity contribution is 6.32. The topological polar surface area (TPSA) is 64.4 Å². The molecule has 5 rings (SSSR count). The molecule has 1 fully saturated rings. The third-order valence-electron chi connectivity index (χ3n) is 7.35. The molecule has 1 aromatic heterocycles.